The lowest BCUT2D eigenvalue weighted by Gasteiger charge is -2.25. The quantitative estimate of drug-likeness (QED) is 0.917. The maximum Gasteiger partial charge on any atom is 0.252 e. The number of hydrogen-bond donors (Lipinski definition) is 1. The molecule has 0 atom stereocenters. The number of nitrogens with zero attached hydrogens (tertiary/aromatic N) is 3. The third kappa shape index (κ3) is 3.15. The number of rotatable bonds is 5. The molecule has 0 unspecified atom stereocenters. The summed E-state index contributed by atoms with van der Waals surface area (Å²) < 4.78 is 0. The first-order chi connectivity index (χ1) is 11.1. The number of pyridine rings is 1. The minimum absolute atomic E-state index is 0.427. The van der Waals surface area contributed by atoms with Crippen LogP contribution in [0.15, 0.2) is 18.2 Å². The maximum absolute atomic E-state index is 12.0. The highest BCUT2D eigenvalue weighted by atomic mass is 16.1. The first-order valence-corrected chi connectivity index (χ1v) is 8.11. The number of nitrogens with two attached hydrogens (primary N) is 1. The number of likely N-dealkylation sites (N-methyl/N-ethyl adjacent to an activating group) is 1. The summed E-state index contributed by atoms with van der Waals surface area (Å²) in [7, 11) is 1.98. The summed E-state index contributed by atoms with van der Waals surface area (Å²) in [6.07, 6.45) is 2.56. The van der Waals surface area contributed by atoms with Gasteiger partial charge in [0.1, 0.15) is 5.82 Å². The van der Waals surface area contributed by atoms with Gasteiger partial charge in [-0.2, -0.15) is 0 Å². The molecule has 1 aliphatic heterocycles. The lowest BCUT2D eigenvalue weighted by atomic mass is 10.0. The zero-order valence-electron chi connectivity index (χ0n) is 13.8. The van der Waals surface area contributed by atoms with Gasteiger partial charge in [0.2, 0.25) is 0 Å². The van der Waals surface area contributed by atoms with Crippen LogP contribution in [0.25, 0.3) is 10.9 Å². The molecule has 0 bridgehead atoms. The first kappa shape index (κ1) is 15.7. The highest BCUT2D eigenvalue weighted by molar-refractivity contribution is 6.04. The average Bonchev–Trinajstić information content (AvgIpc) is 3.05. The summed E-state index contributed by atoms with van der Waals surface area (Å²) in [6.45, 7) is 6.07. The van der Waals surface area contributed by atoms with Crippen LogP contribution < -0.4 is 10.6 Å². The number of amides is 1. The fraction of sp³-hybridized carbons (Fsp3) is 0.444. The third-order valence-corrected chi connectivity index (χ3v) is 4.63. The van der Waals surface area contributed by atoms with Crippen LogP contribution in [0.4, 0.5) is 5.82 Å². The molecule has 2 N–H and O–H groups in total. The second-order valence-electron chi connectivity index (χ2n) is 6.21. The van der Waals surface area contributed by atoms with Crippen molar-refractivity contribution in [2.75, 3.05) is 38.1 Å². The zero-order chi connectivity index (χ0) is 16.4. The van der Waals surface area contributed by atoms with Crippen molar-refractivity contribution in [3.8, 4) is 0 Å². The molecule has 1 amide bonds. The first-order valence-electron chi connectivity index (χ1n) is 8.11. The van der Waals surface area contributed by atoms with Crippen LogP contribution in [-0.2, 0) is 0 Å². The highest BCUT2D eigenvalue weighted by Crippen LogP contribution is 2.27. The Hall–Kier alpha value is -2.14. The predicted molar refractivity (Wildman–Crippen MR) is 92.8 cm³/mol. The van der Waals surface area contributed by atoms with Crippen LogP contribution in [-0.4, -0.2) is 49.0 Å². The van der Waals surface area contributed by atoms with Gasteiger partial charge in [0.25, 0.3) is 5.91 Å². The normalized spacial score (nSPS) is 15.2. The fourth-order valence-corrected chi connectivity index (χ4v) is 3.27. The monoisotopic (exact) mass is 311 g/mol. The Kier molecular flexibility index (Phi) is 4.48. The summed E-state index contributed by atoms with van der Waals surface area (Å²) in [4.78, 5) is 21.2. The van der Waals surface area contributed by atoms with Gasteiger partial charge in [-0.25, -0.2) is 4.98 Å². The van der Waals surface area contributed by atoms with E-state index in [0.717, 1.165) is 42.6 Å². The van der Waals surface area contributed by atoms with Crippen molar-refractivity contribution in [3.63, 3.8) is 0 Å². The molecule has 5 heteroatoms. The summed E-state index contributed by atoms with van der Waals surface area (Å²) in [5.41, 5.74) is 7.90. The Bertz CT molecular complexity index is 722. The van der Waals surface area contributed by atoms with E-state index in [1.165, 1.54) is 12.8 Å². The van der Waals surface area contributed by atoms with Gasteiger partial charge in [-0.3, -0.25) is 4.79 Å². The van der Waals surface area contributed by atoms with Crippen molar-refractivity contribution >= 4 is 22.6 Å². The number of hydrogen-bond acceptors (Lipinski definition) is 4. The fourth-order valence-electron chi connectivity index (χ4n) is 3.27. The van der Waals surface area contributed by atoms with E-state index in [0.29, 0.717) is 11.4 Å². The Morgan fingerprint density at radius 2 is 2.17 bits per heavy atom. The number of benzene rings is 1. The molecule has 1 aromatic heterocycles. The predicted octanol–water partition coefficient (Wildman–Crippen LogP) is 1.97. The molecule has 0 aliphatic carbocycles. The lowest BCUT2D eigenvalue weighted by Crippen LogP contribution is -2.33. The molecule has 1 fully saturated rings. The number of carbonyl (C=O) groups excluding carboxylic acids is 1. The highest BCUT2D eigenvalue weighted by Gasteiger charge is 2.20. The molecule has 0 spiro atoms. The van der Waals surface area contributed by atoms with Crippen molar-refractivity contribution < 1.29 is 4.79 Å². The Balaban J connectivity index is 1.94. The van der Waals surface area contributed by atoms with Gasteiger partial charge < -0.3 is 15.5 Å². The van der Waals surface area contributed by atoms with E-state index >= 15 is 0 Å². The number of primary amides is 1. The summed E-state index contributed by atoms with van der Waals surface area (Å²) in [6, 6.07) is 8.66. The molecular weight excluding hydrogens is 288 g/mol. The molecule has 1 saturated heterocycles. The maximum atomic E-state index is 12.0. The third-order valence-electron chi connectivity index (χ3n) is 4.63. The molecule has 3 rings (SSSR count). The molecule has 2 aromatic rings. The molecule has 23 heavy (non-hydrogen) atoms. The van der Waals surface area contributed by atoms with Crippen LogP contribution in [0, 0.1) is 13.0 Å². The SMILES string of the molecule is Cc1c(C(N)=O)c(N(C)CCN2CCCC2)nc2cc[c]cc12. The number of anilines is 1. The van der Waals surface area contributed by atoms with Crippen molar-refractivity contribution in [1.29, 1.82) is 0 Å². The van der Waals surface area contributed by atoms with Crippen molar-refractivity contribution in [1.82, 2.24) is 9.88 Å². The van der Waals surface area contributed by atoms with Gasteiger partial charge in [0, 0.05) is 25.5 Å². The largest absolute Gasteiger partial charge is 0.365 e. The van der Waals surface area contributed by atoms with E-state index in [1.807, 2.05) is 37.1 Å². The van der Waals surface area contributed by atoms with Crippen molar-refractivity contribution in [2.45, 2.75) is 19.8 Å². The number of fused-ring (bicyclic) bond motifs is 1. The number of likely N-dealkylation sites (tertiary alicyclic amines) is 1. The van der Waals surface area contributed by atoms with E-state index in [4.69, 9.17) is 5.73 Å². The van der Waals surface area contributed by atoms with Gasteiger partial charge in [-0.1, -0.05) is 6.07 Å². The number of aromatic nitrogens is 1. The second-order valence-corrected chi connectivity index (χ2v) is 6.21. The van der Waals surface area contributed by atoms with Crippen LogP contribution >= 0.6 is 0 Å². The molecule has 121 valence electrons. The molecule has 1 radical (unpaired) electrons. The average molecular weight is 311 g/mol. The molecule has 0 saturated carbocycles. The van der Waals surface area contributed by atoms with Crippen LogP contribution in [0.1, 0.15) is 28.8 Å². The van der Waals surface area contributed by atoms with E-state index in [1.54, 1.807) is 0 Å². The lowest BCUT2D eigenvalue weighted by molar-refractivity contribution is 0.1000. The minimum atomic E-state index is -0.427. The Labute approximate surface area is 137 Å². The number of carbonyl (C=O) groups is 1. The summed E-state index contributed by atoms with van der Waals surface area (Å²) >= 11 is 0. The standard InChI is InChI=1S/C18H23N4O/c1-13-14-7-3-4-8-15(14)20-18(16(13)17(19)23)21(2)11-12-22-9-5-6-10-22/h4,7-8H,5-6,9-12H2,1-2H3,(H2,19,23). The molecule has 1 aliphatic rings. The van der Waals surface area contributed by atoms with E-state index in [-0.39, 0.29) is 0 Å². The molecular formula is C18H23N4O. The van der Waals surface area contributed by atoms with E-state index < -0.39 is 5.91 Å². The summed E-state index contributed by atoms with van der Waals surface area (Å²) in [5.74, 6) is 0.247. The van der Waals surface area contributed by atoms with Gasteiger partial charge >= 0.3 is 0 Å². The minimum Gasteiger partial charge on any atom is -0.365 e. The summed E-state index contributed by atoms with van der Waals surface area (Å²) in [5, 5.41) is 0.929. The number of aryl methyl sites for hydroxylation is 1. The smallest absolute Gasteiger partial charge is 0.252 e. The second kappa shape index (κ2) is 6.54. The zero-order valence-corrected chi connectivity index (χ0v) is 13.8. The van der Waals surface area contributed by atoms with E-state index in [2.05, 4.69) is 16.0 Å². The van der Waals surface area contributed by atoms with Gasteiger partial charge in [0.15, 0.2) is 0 Å². The van der Waals surface area contributed by atoms with Gasteiger partial charge in [-0.15, -0.1) is 0 Å². The molecule has 2 heterocycles. The molecule has 1 aromatic carbocycles. The van der Waals surface area contributed by atoms with Crippen LogP contribution in [0.2, 0.25) is 0 Å². The van der Waals surface area contributed by atoms with Crippen molar-refractivity contribution in [3.05, 3.63) is 35.4 Å². The Morgan fingerprint density at radius 1 is 1.43 bits per heavy atom. The van der Waals surface area contributed by atoms with Gasteiger partial charge in [0.05, 0.1) is 11.1 Å². The molecule has 5 nitrogen and oxygen atoms in total. The van der Waals surface area contributed by atoms with Crippen LogP contribution in [0.3, 0.4) is 0 Å². The van der Waals surface area contributed by atoms with Gasteiger partial charge in [-0.05, 0) is 56.6 Å². The van der Waals surface area contributed by atoms with Crippen LogP contribution in [0.5, 0.6) is 0 Å². The topological polar surface area (TPSA) is 62.5 Å². The Morgan fingerprint density at radius 3 is 2.87 bits per heavy atom. The van der Waals surface area contributed by atoms with Crippen molar-refractivity contribution in [2.24, 2.45) is 5.73 Å². The van der Waals surface area contributed by atoms with E-state index in [9.17, 15) is 4.79 Å².